The molecule has 1 heterocycles. The van der Waals surface area contributed by atoms with E-state index in [-0.39, 0.29) is 12.7 Å². The summed E-state index contributed by atoms with van der Waals surface area (Å²) in [7, 11) is 0. The SMILES string of the molecule is CCC/C=C(/CCN(CC)CCC)c1c(C)cccc1OC1CC(O)CC(CO)O1. The Bertz CT molecular complexity index is 661. The number of nitrogens with zero attached hydrogens (tertiary/aromatic N) is 1. The largest absolute Gasteiger partial charge is 0.464 e. The zero-order chi connectivity index (χ0) is 21.9. The molecule has 5 heteroatoms. The maximum atomic E-state index is 10.1. The lowest BCUT2D eigenvalue weighted by atomic mass is 9.95. The van der Waals surface area contributed by atoms with Gasteiger partial charge in [-0.25, -0.2) is 0 Å². The smallest absolute Gasteiger partial charge is 0.202 e. The molecule has 0 spiro atoms. The highest BCUT2D eigenvalue weighted by Gasteiger charge is 2.30. The highest BCUT2D eigenvalue weighted by Crippen LogP contribution is 2.34. The summed E-state index contributed by atoms with van der Waals surface area (Å²) in [5, 5.41) is 19.6. The minimum absolute atomic E-state index is 0.108. The zero-order valence-corrected chi connectivity index (χ0v) is 19.3. The number of ether oxygens (including phenoxy) is 2. The van der Waals surface area contributed by atoms with Crippen molar-refractivity contribution >= 4 is 5.57 Å². The quantitative estimate of drug-likeness (QED) is 0.521. The normalized spacial score (nSPS) is 22.5. The van der Waals surface area contributed by atoms with Crippen LogP contribution in [0.15, 0.2) is 24.3 Å². The molecule has 1 aliphatic heterocycles. The van der Waals surface area contributed by atoms with Gasteiger partial charge in [0.25, 0.3) is 0 Å². The van der Waals surface area contributed by atoms with Crippen molar-refractivity contribution in [2.75, 3.05) is 26.2 Å². The summed E-state index contributed by atoms with van der Waals surface area (Å²) in [6, 6.07) is 6.12. The van der Waals surface area contributed by atoms with Gasteiger partial charge >= 0.3 is 0 Å². The van der Waals surface area contributed by atoms with E-state index in [9.17, 15) is 10.2 Å². The first-order chi connectivity index (χ1) is 14.5. The highest BCUT2D eigenvalue weighted by molar-refractivity contribution is 5.73. The van der Waals surface area contributed by atoms with Crippen molar-refractivity contribution in [1.29, 1.82) is 0 Å². The zero-order valence-electron chi connectivity index (χ0n) is 19.3. The van der Waals surface area contributed by atoms with Gasteiger partial charge in [0.2, 0.25) is 6.29 Å². The van der Waals surface area contributed by atoms with Crippen molar-refractivity contribution in [3.63, 3.8) is 0 Å². The van der Waals surface area contributed by atoms with Crippen LogP contribution in [-0.2, 0) is 4.74 Å². The van der Waals surface area contributed by atoms with Crippen molar-refractivity contribution in [2.45, 2.75) is 84.7 Å². The van der Waals surface area contributed by atoms with Crippen LogP contribution in [0.2, 0.25) is 0 Å². The minimum atomic E-state index is -0.550. The molecule has 2 N–H and O–H groups in total. The molecule has 3 unspecified atom stereocenters. The topological polar surface area (TPSA) is 62.2 Å². The van der Waals surface area contributed by atoms with Gasteiger partial charge in [0.15, 0.2) is 0 Å². The van der Waals surface area contributed by atoms with Crippen molar-refractivity contribution in [3.8, 4) is 5.75 Å². The molecule has 0 radical (unpaired) electrons. The number of aliphatic hydroxyl groups is 2. The summed E-state index contributed by atoms with van der Waals surface area (Å²) in [6.45, 7) is 11.9. The lowest BCUT2D eigenvalue weighted by Gasteiger charge is -2.33. The Balaban J connectivity index is 2.25. The Morgan fingerprint density at radius 2 is 2.00 bits per heavy atom. The number of benzene rings is 1. The van der Waals surface area contributed by atoms with Gasteiger partial charge in [-0.05, 0) is 56.5 Å². The van der Waals surface area contributed by atoms with Crippen LogP contribution in [0.25, 0.3) is 5.57 Å². The molecule has 3 atom stereocenters. The Morgan fingerprint density at radius 1 is 1.20 bits per heavy atom. The van der Waals surface area contributed by atoms with Gasteiger partial charge in [0.1, 0.15) is 5.75 Å². The average Bonchev–Trinajstić information content (AvgIpc) is 2.73. The first-order valence-corrected chi connectivity index (χ1v) is 11.6. The van der Waals surface area contributed by atoms with E-state index < -0.39 is 12.4 Å². The van der Waals surface area contributed by atoms with Crippen molar-refractivity contribution < 1.29 is 19.7 Å². The van der Waals surface area contributed by atoms with Crippen molar-refractivity contribution in [3.05, 3.63) is 35.4 Å². The van der Waals surface area contributed by atoms with Crippen LogP contribution in [0.4, 0.5) is 0 Å². The summed E-state index contributed by atoms with van der Waals surface area (Å²) < 4.78 is 12.1. The number of rotatable bonds is 12. The molecule has 0 aliphatic carbocycles. The summed E-state index contributed by atoms with van der Waals surface area (Å²) in [5.41, 5.74) is 3.64. The predicted octanol–water partition coefficient (Wildman–Crippen LogP) is 4.54. The second-order valence-corrected chi connectivity index (χ2v) is 8.26. The monoisotopic (exact) mass is 419 g/mol. The van der Waals surface area contributed by atoms with Gasteiger partial charge < -0.3 is 24.6 Å². The lowest BCUT2D eigenvalue weighted by molar-refractivity contribution is -0.184. The number of hydrogen-bond donors (Lipinski definition) is 2. The molecular weight excluding hydrogens is 378 g/mol. The van der Waals surface area contributed by atoms with E-state index in [2.05, 4.69) is 44.7 Å². The Kier molecular flexibility index (Phi) is 10.9. The third kappa shape index (κ3) is 7.38. The fraction of sp³-hybridized carbons (Fsp3) is 0.680. The molecule has 1 aromatic rings. The van der Waals surface area contributed by atoms with Crippen LogP contribution in [0, 0.1) is 6.92 Å². The van der Waals surface area contributed by atoms with E-state index in [4.69, 9.17) is 9.47 Å². The first kappa shape index (κ1) is 24.9. The van der Waals surface area contributed by atoms with Crippen LogP contribution in [-0.4, -0.2) is 59.9 Å². The number of aliphatic hydroxyl groups excluding tert-OH is 2. The molecule has 1 fully saturated rings. The van der Waals surface area contributed by atoms with E-state index >= 15 is 0 Å². The maximum absolute atomic E-state index is 10.1. The summed E-state index contributed by atoms with van der Waals surface area (Å²) in [6.07, 6.45) is 6.04. The molecule has 170 valence electrons. The van der Waals surface area contributed by atoms with E-state index in [1.165, 1.54) is 11.1 Å². The van der Waals surface area contributed by atoms with Crippen LogP contribution in [0.1, 0.15) is 70.4 Å². The van der Waals surface area contributed by atoms with Gasteiger partial charge in [-0.2, -0.15) is 0 Å². The third-order valence-corrected chi connectivity index (χ3v) is 5.73. The van der Waals surface area contributed by atoms with Gasteiger partial charge in [0.05, 0.1) is 18.8 Å². The molecule has 0 aromatic heterocycles. The van der Waals surface area contributed by atoms with E-state index in [0.717, 1.165) is 56.6 Å². The van der Waals surface area contributed by atoms with Gasteiger partial charge in [-0.15, -0.1) is 0 Å². The molecular formula is C25H41NO4. The predicted molar refractivity (Wildman–Crippen MR) is 123 cm³/mol. The molecule has 0 saturated carbocycles. The van der Waals surface area contributed by atoms with Gasteiger partial charge in [0, 0.05) is 24.9 Å². The second kappa shape index (κ2) is 13.1. The Hall–Kier alpha value is -1.40. The minimum Gasteiger partial charge on any atom is -0.464 e. The fourth-order valence-electron chi connectivity index (χ4n) is 4.10. The van der Waals surface area contributed by atoms with Gasteiger partial charge in [-0.3, -0.25) is 0 Å². The molecule has 30 heavy (non-hydrogen) atoms. The van der Waals surface area contributed by atoms with Crippen molar-refractivity contribution in [1.82, 2.24) is 4.90 Å². The number of aryl methyl sites for hydroxylation is 1. The molecule has 0 bridgehead atoms. The van der Waals surface area contributed by atoms with Crippen LogP contribution >= 0.6 is 0 Å². The Morgan fingerprint density at radius 3 is 2.67 bits per heavy atom. The molecule has 0 amide bonds. The van der Waals surface area contributed by atoms with Crippen LogP contribution in [0.5, 0.6) is 5.75 Å². The molecule has 5 nitrogen and oxygen atoms in total. The van der Waals surface area contributed by atoms with Crippen LogP contribution in [0.3, 0.4) is 0 Å². The fourth-order valence-corrected chi connectivity index (χ4v) is 4.10. The Labute approximate surface area is 182 Å². The molecule has 1 saturated heterocycles. The number of hydrogen-bond acceptors (Lipinski definition) is 5. The molecule has 2 rings (SSSR count). The average molecular weight is 420 g/mol. The van der Waals surface area contributed by atoms with Crippen molar-refractivity contribution in [2.24, 2.45) is 0 Å². The summed E-state index contributed by atoms with van der Waals surface area (Å²) >= 11 is 0. The maximum Gasteiger partial charge on any atom is 0.202 e. The first-order valence-electron chi connectivity index (χ1n) is 11.6. The third-order valence-electron chi connectivity index (χ3n) is 5.73. The van der Waals surface area contributed by atoms with E-state index in [1.807, 2.05) is 12.1 Å². The number of unbranched alkanes of at least 4 members (excludes halogenated alkanes) is 1. The highest BCUT2D eigenvalue weighted by atomic mass is 16.7. The van der Waals surface area contributed by atoms with Crippen LogP contribution < -0.4 is 4.74 Å². The number of allylic oxidation sites excluding steroid dienone is 1. The van der Waals surface area contributed by atoms with Gasteiger partial charge in [-0.1, -0.05) is 45.4 Å². The summed E-state index contributed by atoms with van der Waals surface area (Å²) in [4.78, 5) is 2.49. The molecule has 1 aliphatic rings. The lowest BCUT2D eigenvalue weighted by Crippen LogP contribution is -2.40. The van der Waals surface area contributed by atoms with E-state index in [0.29, 0.717) is 12.8 Å². The van der Waals surface area contributed by atoms with E-state index in [1.54, 1.807) is 0 Å². The summed E-state index contributed by atoms with van der Waals surface area (Å²) in [5.74, 6) is 0.798. The molecule has 1 aromatic carbocycles. The second-order valence-electron chi connectivity index (χ2n) is 8.26. The standard InChI is InChI=1S/C25H41NO4/c1-5-8-11-20(13-15-26(7-3)14-6-2)25-19(4)10-9-12-23(25)30-24-17-21(28)16-22(18-27)29-24/h9-12,21-22,24,27-28H,5-8,13-18H2,1-4H3/b20-11-.